The number of thiol groups is 1. The lowest BCUT2D eigenvalue weighted by Crippen LogP contribution is -2.36. The molecule has 21 rings (SSSR count). The summed E-state index contributed by atoms with van der Waals surface area (Å²) in [5, 5.41) is 45.0. The summed E-state index contributed by atoms with van der Waals surface area (Å²) in [6.45, 7) is -20.5. The molecule has 0 amide bonds. The fraction of sp³-hybridized carbons (Fsp3) is 0.531. The Morgan fingerprint density at radius 1 is 0.346 bits per heavy atom. The van der Waals surface area contributed by atoms with E-state index >= 15 is 4.39 Å². The maximum Gasteiger partial charge on any atom is 0.386 e. The lowest BCUT2D eigenvalue weighted by Gasteiger charge is -2.28. The lowest BCUT2D eigenvalue weighted by atomic mass is 10.0. The molecule has 0 saturated carbocycles. The first kappa shape index (κ1) is 95.1. The molecule has 12 aromatic heterocycles. The molecule has 21 heterocycles. The van der Waals surface area contributed by atoms with Gasteiger partial charge in [0.05, 0.1) is 101 Å². The fourth-order valence-electron chi connectivity index (χ4n) is 16.2. The molecule has 0 spiro atoms. The van der Waals surface area contributed by atoms with E-state index in [1.165, 1.54) is 92.4 Å². The summed E-state index contributed by atoms with van der Waals surface area (Å²) in [7, 11) is 0. The topological polar surface area (TPSA) is 731 Å². The minimum Gasteiger partial charge on any atom is -0.387 e. The number of aliphatic hydroxyl groups excluding tert-OH is 4. The standard InChI is InChI=1S/C22H26FN9O8P2S2.C21H26N10O10P2S2.C21H25N9O10P2S2/c1-9-11-3-35-42(34,44)40-17-12(38-21(13(17)23)31-8-30-15-18(24)26-6-28-20(15)31)4-36-41(33,43)39-16(9)22(37-11)32-7-29-14-10(2)25-5-27-19(14)32;1-7-10-17(25-4-24-7)30(5-26-10)20-15-12(32)8(38-20)2-36-42(34,44)40-14-9(3-37-43(35,45)41-15)39-19(13(14)33)31-6-27-11-16(22)28-21(23)29-18(11)31;1-8-11-18(25-4-23-8)30(6-27-11)21-16-13(31)9(37-21)2-35-41(33,43)39-15-10(3-36-42(34,44)40-16)38-20(14(15)32)29-7-28-12-17(22)24-5-26-19(12)29/h5-9,11-13,16-17,21-22H,3-4H2,1-2H3,(H,33,43)(H,34,44)(H2,24,26,28);4-6,8-9,12-15,19-20,32-33H,2-3H2,1H3,(H,34,44)(H,35,45)(H4,22,23,28,29);4-7,9-10,13-16,20-21,31-32H,2-3H2,1H3,(H,33,43)(H,34,44)(H2,22,24,26)/t9-,11-,12-,13-,16-,17-,21-,22-,41?,42?;8-,9-,12-,13-,14-,15-,19-,20-,42?,43?;9-,10-,13-,14-,15-,16-,20-,21-,41?,42?/m111/s1. The molecule has 17 N–H and O–H groups in total. The average molecular weight is 2080 g/mol. The van der Waals surface area contributed by atoms with Gasteiger partial charge in [-0.2, -0.15) is 9.97 Å². The van der Waals surface area contributed by atoms with Crippen LogP contribution in [-0.2, 0) is 146 Å². The predicted octanol–water partition coefficient (Wildman–Crippen LogP) is 0.628. The first-order chi connectivity index (χ1) is 63.2. The van der Waals surface area contributed by atoms with E-state index in [-0.39, 0.29) is 63.5 Å². The van der Waals surface area contributed by atoms with E-state index in [0.29, 0.717) is 50.6 Å². The maximum atomic E-state index is 16.1. The van der Waals surface area contributed by atoms with Crippen LogP contribution in [-0.4, -0.2) is 305 Å². The van der Waals surface area contributed by atoms with E-state index in [0.717, 1.165) is 0 Å². The van der Waals surface area contributed by atoms with Crippen LogP contribution in [0.1, 0.15) is 61.4 Å². The molecule has 9 aliphatic rings. The Balaban J connectivity index is 0.000000129. The second-order valence-corrected chi connectivity index (χ2v) is 47.8. The van der Waals surface area contributed by atoms with Gasteiger partial charge >= 0.3 is 40.4 Å². The second kappa shape index (κ2) is 36.8. The van der Waals surface area contributed by atoms with E-state index in [4.69, 9.17) is 165 Å². The summed E-state index contributed by atoms with van der Waals surface area (Å²) in [5.74, 6) is -0.417. The summed E-state index contributed by atoms with van der Waals surface area (Å²) in [6.07, 6.45) is -14.3. The highest BCUT2D eigenvalue weighted by atomic mass is 32.7. The molecular formula is C64H77FN28O28P6S6. The quantitative estimate of drug-likeness (QED) is 0.0802. The van der Waals surface area contributed by atoms with E-state index in [2.05, 4.69) is 102 Å². The van der Waals surface area contributed by atoms with E-state index in [9.17, 15) is 49.5 Å². The van der Waals surface area contributed by atoms with Crippen LogP contribution in [0.15, 0.2) is 69.6 Å². The number of aliphatic hydroxyl groups is 4. The first-order valence-corrected chi connectivity index (χ1v) is 55.1. The molecule has 9 saturated heterocycles. The van der Waals surface area contributed by atoms with Gasteiger partial charge in [0, 0.05) is 5.92 Å². The number of anilines is 4. The van der Waals surface area contributed by atoms with Gasteiger partial charge in [-0.3, -0.25) is 59.1 Å². The Kier molecular flexibility index (Phi) is 26.3. The molecule has 56 nitrogen and oxygen atoms in total. The van der Waals surface area contributed by atoms with Crippen molar-refractivity contribution in [3.63, 3.8) is 0 Å². The van der Waals surface area contributed by atoms with Crippen LogP contribution in [0.4, 0.5) is 27.8 Å². The molecule has 9 aliphatic heterocycles. The molecule has 133 heavy (non-hydrogen) atoms. The smallest absolute Gasteiger partial charge is 0.386 e. The molecule has 0 radical (unpaired) electrons. The number of nitrogens with two attached hydrogens (primary N) is 4. The Bertz CT molecular complexity index is 6540. The number of aromatic nitrogens is 24. The van der Waals surface area contributed by atoms with Gasteiger partial charge in [-0.1, -0.05) is 19.2 Å². The number of hydrogen-bond donors (Lipinski definition) is 14. The molecule has 0 aliphatic carbocycles. The summed E-state index contributed by atoms with van der Waals surface area (Å²) >= 11 is 30.6. The number of hydrogen-bond acceptors (Lipinski definition) is 50. The van der Waals surface area contributed by atoms with E-state index in [1.807, 2.05) is 0 Å². The zero-order valence-electron chi connectivity index (χ0n) is 68.3. The number of ether oxygens (including phenoxy) is 6. The summed E-state index contributed by atoms with van der Waals surface area (Å²) in [6, 6.07) is 0. The number of aryl methyl sites for hydroxylation is 3. The second-order valence-electron chi connectivity index (χ2n) is 31.0. The SMILES string of the molecule is Cc1ncnc2c1ncn2[C@@H]1O[C@@H]2COP(O)(=S)O[C@H]3[C@@H](F)[C@H](n4cnc5c(N)ncnc54)O[C@@H]3COP(=O)(S)O[C@@H]1[C@@H]2C.Cc1ncnc2c1ncn2[C@@H]1O[C@@H]2COP(O)(=S)O[C@H]3[C@@H](O)[C@H](n4cnc5c(N)nc(N)nc54)O[C@@H]3COP(O)(=S)O[C@@H]1[C@@H]2O.Cc1ncnc2c1ncn2[C@@H]1O[C@@H]2COP(O)(=S)O[C@H]3[C@@H](O)[C@H](n4cnc5c(N)ncnc54)O[C@@H]3COP(O)(=S)O[C@@H]1[C@@H]2O. The predicted molar refractivity (Wildman–Crippen MR) is 469 cm³/mol. The van der Waals surface area contributed by atoms with Crippen molar-refractivity contribution in [1.29, 1.82) is 0 Å². The third-order valence-corrected chi connectivity index (χ3v) is 32.1. The van der Waals surface area contributed by atoms with Crippen LogP contribution < -0.4 is 22.9 Å². The highest BCUT2D eigenvalue weighted by Crippen LogP contribution is 2.62. The van der Waals surface area contributed by atoms with Gasteiger partial charge in [-0.15, -0.1) is 0 Å². The van der Waals surface area contributed by atoms with Gasteiger partial charge in [-0.05, 0) is 79.8 Å². The van der Waals surface area contributed by atoms with Crippen molar-refractivity contribution in [3.8, 4) is 0 Å². The van der Waals surface area contributed by atoms with E-state index < -0.39 is 221 Å². The molecule has 6 unspecified atom stereocenters. The average Bonchev–Trinajstić information content (AvgIpc) is 1.60. The normalized spacial score (nSPS) is 38.1. The number of nitrogen functional groups attached to an aromatic ring is 4. The van der Waals surface area contributed by atoms with Crippen LogP contribution in [0.25, 0.3) is 67.0 Å². The van der Waals surface area contributed by atoms with Crippen LogP contribution in [0.2, 0.25) is 0 Å². The third-order valence-electron chi connectivity index (χ3n) is 22.7. The number of nitrogens with zero attached hydrogens (tertiary/aromatic N) is 24. The zero-order chi connectivity index (χ0) is 93.8. The molecular weight excluding hydrogens is 2010 g/mol. The minimum atomic E-state index is -4.16. The molecule has 714 valence electrons. The Morgan fingerprint density at radius 2 is 0.639 bits per heavy atom. The fourth-order valence-corrected chi connectivity index (χ4v) is 24.9. The van der Waals surface area contributed by atoms with Crippen molar-refractivity contribution < 1.29 is 137 Å². The van der Waals surface area contributed by atoms with Gasteiger partial charge < -0.3 is 119 Å². The Morgan fingerprint density at radius 3 is 1.06 bits per heavy atom. The zero-order valence-corrected chi connectivity index (χ0v) is 78.7. The van der Waals surface area contributed by atoms with Gasteiger partial charge in [0.2, 0.25) is 5.95 Å². The summed E-state index contributed by atoms with van der Waals surface area (Å²) in [4.78, 5) is 130. The lowest BCUT2D eigenvalue weighted by molar-refractivity contribution is -0.0607. The van der Waals surface area contributed by atoms with Crippen LogP contribution >= 0.6 is 52.6 Å². The number of rotatable bonds is 6. The van der Waals surface area contributed by atoms with Crippen LogP contribution in [0.5, 0.6) is 0 Å². The van der Waals surface area contributed by atoms with Gasteiger partial charge in [0.15, 0.2) is 94.9 Å². The van der Waals surface area contributed by atoms with E-state index in [1.54, 1.807) is 32.3 Å². The Labute approximate surface area is 775 Å². The van der Waals surface area contributed by atoms with Crippen molar-refractivity contribution in [3.05, 3.63) is 86.7 Å². The molecule has 6 bridgehead atoms. The van der Waals surface area contributed by atoms with Crippen molar-refractivity contribution in [2.45, 2.75) is 169 Å². The number of alkyl halides is 1. The highest BCUT2D eigenvalue weighted by Gasteiger charge is 2.58. The maximum absolute atomic E-state index is 16.1. The molecule has 12 aromatic rings. The van der Waals surface area contributed by atoms with Gasteiger partial charge in [-0.25, -0.2) is 88.7 Å². The highest BCUT2D eigenvalue weighted by molar-refractivity contribution is 8.44. The van der Waals surface area contributed by atoms with Crippen molar-refractivity contribution in [1.82, 2.24) is 117 Å². The third kappa shape index (κ3) is 18.6. The molecule has 0 aromatic carbocycles. The van der Waals surface area contributed by atoms with Gasteiger partial charge in [0.25, 0.3) is 0 Å². The monoisotopic (exact) mass is 2080 g/mol. The molecule has 69 heteroatoms. The number of fused-ring (bicyclic) bond motifs is 15. The summed E-state index contributed by atoms with van der Waals surface area (Å²) in [5.41, 5.74) is 29.3. The van der Waals surface area contributed by atoms with Gasteiger partial charge in [0.1, 0.15) is 156 Å². The minimum absolute atomic E-state index is 0.00636. The Hall–Kier alpha value is -6.82. The van der Waals surface area contributed by atoms with Crippen LogP contribution in [0.3, 0.4) is 0 Å². The first-order valence-electron chi connectivity index (χ1n) is 39.4. The van der Waals surface area contributed by atoms with Crippen molar-refractivity contribution >= 4 is 202 Å². The summed E-state index contributed by atoms with van der Waals surface area (Å²) < 4.78 is 143. The van der Waals surface area contributed by atoms with Crippen molar-refractivity contribution in [2.75, 3.05) is 62.6 Å². The largest absolute Gasteiger partial charge is 0.387 e. The molecule has 30 atom stereocenters. The van der Waals surface area contributed by atoms with Crippen molar-refractivity contribution in [2.24, 2.45) is 5.92 Å². The molecule has 9 fully saturated rings. The number of imidazole rings is 6. The number of halogens is 1. The van der Waals surface area contributed by atoms with Crippen LogP contribution in [0, 0.1) is 26.7 Å².